The number of fused-ring (bicyclic) bond motifs is 1. The Bertz CT molecular complexity index is 852. The van der Waals surface area contributed by atoms with Crippen LogP contribution in [0, 0.1) is 5.41 Å². The zero-order valence-electron chi connectivity index (χ0n) is 14.7. The molecule has 0 saturated heterocycles. The van der Waals surface area contributed by atoms with Gasteiger partial charge in [-0.1, -0.05) is 20.8 Å². The van der Waals surface area contributed by atoms with E-state index < -0.39 is 20.2 Å². The molecule has 0 bridgehead atoms. The largest absolute Gasteiger partial charge is 0.369 e. The van der Waals surface area contributed by atoms with Crippen LogP contribution in [0.15, 0.2) is 18.3 Å². The average molecular weight is 396 g/mol. The van der Waals surface area contributed by atoms with Crippen molar-refractivity contribution in [2.24, 2.45) is 5.41 Å². The molecule has 0 unspecified atom stereocenters. The Hall–Kier alpha value is -1.76. The van der Waals surface area contributed by atoms with Gasteiger partial charge in [-0.2, -0.15) is 16.8 Å². The van der Waals surface area contributed by atoms with Crippen LogP contribution in [0.5, 0.6) is 0 Å². The minimum Gasteiger partial charge on any atom is -0.369 e. The lowest BCUT2D eigenvalue weighted by atomic mass is 9.97. The van der Waals surface area contributed by atoms with Gasteiger partial charge < -0.3 is 5.73 Å². The Morgan fingerprint density at radius 2 is 1.56 bits per heavy atom. The molecule has 0 radical (unpaired) electrons. The monoisotopic (exact) mass is 396 g/mol. The Labute approximate surface area is 147 Å². The van der Waals surface area contributed by atoms with Crippen LogP contribution in [0.3, 0.4) is 0 Å². The van der Waals surface area contributed by atoms with E-state index in [9.17, 15) is 16.8 Å². The second kappa shape index (κ2) is 8.56. The van der Waals surface area contributed by atoms with Gasteiger partial charge in [0.2, 0.25) is 5.95 Å². The van der Waals surface area contributed by atoms with Crippen molar-refractivity contribution >= 4 is 37.3 Å². The van der Waals surface area contributed by atoms with Crippen LogP contribution in [0.1, 0.15) is 20.8 Å². The first-order chi connectivity index (χ1) is 11.0. The SMILES string of the molecule is CC(C)(C)Cn1c(N)nc2cccnc21.CS(=O)(=O)O.CS(=O)(=O)O. The minimum atomic E-state index is -3.67. The Balaban J connectivity index is 0.000000480. The second-order valence-corrected chi connectivity index (χ2v) is 9.36. The van der Waals surface area contributed by atoms with Gasteiger partial charge in [0.1, 0.15) is 5.52 Å². The van der Waals surface area contributed by atoms with Crippen molar-refractivity contribution in [1.29, 1.82) is 0 Å². The quantitative estimate of drug-likeness (QED) is 0.597. The number of nitrogens with two attached hydrogens (primary N) is 1. The molecule has 4 N–H and O–H groups in total. The number of hydrogen-bond acceptors (Lipinski definition) is 7. The van der Waals surface area contributed by atoms with Crippen LogP contribution in [-0.4, -0.2) is 53.0 Å². The van der Waals surface area contributed by atoms with Crippen molar-refractivity contribution < 1.29 is 25.9 Å². The summed E-state index contributed by atoms with van der Waals surface area (Å²) >= 11 is 0. The number of aromatic nitrogens is 3. The Morgan fingerprint density at radius 1 is 1.12 bits per heavy atom. The van der Waals surface area contributed by atoms with Gasteiger partial charge in [0, 0.05) is 12.7 Å². The number of imidazole rings is 1. The van der Waals surface area contributed by atoms with E-state index in [1.807, 2.05) is 16.7 Å². The topological polar surface area (TPSA) is 165 Å². The van der Waals surface area contributed by atoms with Gasteiger partial charge in [-0.05, 0) is 17.5 Å². The molecule has 0 spiro atoms. The van der Waals surface area contributed by atoms with Crippen molar-refractivity contribution in [3.63, 3.8) is 0 Å². The van der Waals surface area contributed by atoms with Gasteiger partial charge in [0.05, 0.1) is 12.5 Å². The number of hydrogen-bond donors (Lipinski definition) is 3. The van der Waals surface area contributed by atoms with Crippen LogP contribution in [-0.2, 0) is 26.8 Å². The summed E-state index contributed by atoms with van der Waals surface area (Å²) in [7, 11) is -7.33. The fourth-order valence-corrected chi connectivity index (χ4v) is 1.61. The molecule has 2 rings (SSSR count). The average Bonchev–Trinajstić information content (AvgIpc) is 2.60. The molecule has 0 saturated carbocycles. The molecule has 144 valence electrons. The van der Waals surface area contributed by atoms with Crippen LogP contribution in [0.4, 0.5) is 5.95 Å². The highest BCUT2D eigenvalue weighted by molar-refractivity contribution is 7.85. The van der Waals surface area contributed by atoms with Gasteiger partial charge in [-0.15, -0.1) is 0 Å². The summed E-state index contributed by atoms with van der Waals surface area (Å²) in [6.07, 6.45) is 3.20. The molecule has 0 aliphatic heterocycles. The highest BCUT2D eigenvalue weighted by atomic mass is 32.2. The summed E-state index contributed by atoms with van der Waals surface area (Å²) in [5.74, 6) is 0.540. The lowest BCUT2D eigenvalue weighted by Crippen LogP contribution is -2.17. The third-order valence-electron chi connectivity index (χ3n) is 2.17. The summed E-state index contributed by atoms with van der Waals surface area (Å²) < 4.78 is 53.7. The molecule has 2 heterocycles. The molecule has 0 aliphatic rings. The maximum atomic E-state index is 9.19. The highest BCUT2D eigenvalue weighted by Crippen LogP contribution is 2.22. The van der Waals surface area contributed by atoms with Crippen molar-refractivity contribution in [2.45, 2.75) is 27.3 Å². The van der Waals surface area contributed by atoms with Gasteiger partial charge >= 0.3 is 0 Å². The van der Waals surface area contributed by atoms with E-state index in [2.05, 4.69) is 30.7 Å². The van der Waals surface area contributed by atoms with Crippen LogP contribution < -0.4 is 5.73 Å². The molecule has 0 aromatic carbocycles. The molecule has 10 nitrogen and oxygen atoms in total. The van der Waals surface area contributed by atoms with Crippen LogP contribution in [0.2, 0.25) is 0 Å². The third kappa shape index (κ3) is 13.2. The van der Waals surface area contributed by atoms with Gasteiger partial charge in [0.15, 0.2) is 5.65 Å². The van der Waals surface area contributed by atoms with Crippen LogP contribution >= 0.6 is 0 Å². The molecule has 0 fully saturated rings. The summed E-state index contributed by atoms with van der Waals surface area (Å²) in [5, 5.41) is 0. The summed E-state index contributed by atoms with van der Waals surface area (Å²) in [6, 6.07) is 3.80. The fraction of sp³-hybridized carbons (Fsp3) is 0.538. The first-order valence-corrected chi connectivity index (χ1v) is 10.6. The number of rotatable bonds is 1. The number of nitrogens with zero attached hydrogens (tertiary/aromatic N) is 3. The zero-order valence-corrected chi connectivity index (χ0v) is 16.3. The summed E-state index contributed by atoms with van der Waals surface area (Å²) in [5.41, 5.74) is 7.76. The number of pyridine rings is 1. The van der Waals surface area contributed by atoms with Crippen LogP contribution in [0.25, 0.3) is 11.2 Å². The normalized spacial score (nSPS) is 12.0. The molecule has 0 aliphatic carbocycles. The van der Waals surface area contributed by atoms with E-state index in [-0.39, 0.29) is 5.41 Å². The molecule has 25 heavy (non-hydrogen) atoms. The molecular formula is C13H24N4O6S2. The smallest absolute Gasteiger partial charge is 0.261 e. The van der Waals surface area contributed by atoms with E-state index in [1.54, 1.807) is 6.20 Å². The molecule has 12 heteroatoms. The molecular weight excluding hydrogens is 372 g/mol. The van der Waals surface area contributed by atoms with Gasteiger partial charge in [-0.3, -0.25) is 13.7 Å². The number of anilines is 1. The van der Waals surface area contributed by atoms with Gasteiger partial charge in [-0.25, -0.2) is 9.97 Å². The van der Waals surface area contributed by atoms with E-state index in [4.69, 9.17) is 14.8 Å². The highest BCUT2D eigenvalue weighted by Gasteiger charge is 2.16. The predicted octanol–water partition coefficient (Wildman–Crippen LogP) is 1.07. The van der Waals surface area contributed by atoms with Crippen molar-refractivity contribution in [3.8, 4) is 0 Å². The first-order valence-electron chi connectivity index (χ1n) is 6.89. The molecule has 2 aromatic heterocycles. The second-order valence-electron chi connectivity index (χ2n) is 6.43. The molecule has 0 atom stereocenters. The standard InChI is InChI=1S/C11H16N4.2CH4O3S/c1-11(2,3)7-15-9-8(14-10(15)12)5-4-6-13-9;2*1-5(2,3)4/h4-6H,7H2,1-3H3,(H2,12,14);2*1H3,(H,2,3,4). The third-order valence-corrected chi connectivity index (χ3v) is 2.17. The lowest BCUT2D eigenvalue weighted by molar-refractivity contribution is 0.350. The summed E-state index contributed by atoms with van der Waals surface area (Å²) in [6.45, 7) is 7.33. The maximum absolute atomic E-state index is 9.19. The predicted molar refractivity (Wildman–Crippen MR) is 96.3 cm³/mol. The Kier molecular flexibility index (Phi) is 7.96. The maximum Gasteiger partial charge on any atom is 0.261 e. The van der Waals surface area contributed by atoms with E-state index >= 15 is 0 Å². The van der Waals surface area contributed by atoms with Crippen molar-refractivity contribution in [3.05, 3.63) is 18.3 Å². The van der Waals surface area contributed by atoms with Gasteiger partial charge in [0.25, 0.3) is 20.2 Å². The molecule has 0 amide bonds. The summed E-state index contributed by atoms with van der Waals surface area (Å²) in [4.78, 5) is 8.58. The first kappa shape index (κ1) is 23.2. The Morgan fingerprint density at radius 3 is 1.96 bits per heavy atom. The van der Waals surface area contributed by atoms with E-state index in [0.717, 1.165) is 17.7 Å². The molecule has 2 aromatic rings. The minimum absolute atomic E-state index is 0.166. The van der Waals surface area contributed by atoms with Crippen molar-refractivity contribution in [2.75, 3.05) is 18.2 Å². The van der Waals surface area contributed by atoms with E-state index in [1.165, 1.54) is 0 Å². The number of nitrogen functional groups attached to an aromatic ring is 1. The van der Waals surface area contributed by atoms with E-state index in [0.29, 0.717) is 18.5 Å². The van der Waals surface area contributed by atoms with Crippen molar-refractivity contribution in [1.82, 2.24) is 14.5 Å². The fourth-order valence-electron chi connectivity index (χ4n) is 1.61. The lowest BCUT2D eigenvalue weighted by Gasteiger charge is -2.19. The zero-order chi connectivity index (χ0) is 20.1.